The van der Waals surface area contributed by atoms with Crippen LogP contribution in [-0.2, 0) is 9.59 Å². The van der Waals surface area contributed by atoms with Crippen molar-refractivity contribution >= 4 is 17.6 Å². The van der Waals surface area contributed by atoms with Crippen LogP contribution in [0.25, 0.3) is 0 Å². The van der Waals surface area contributed by atoms with Gasteiger partial charge in [0.25, 0.3) is 0 Å². The van der Waals surface area contributed by atoms with Crippen LogP contribution in [0.15, 0.2) is 24.3 Å². The smallest absolute Gasteiger partial charge is 0.323 e. The summed E-state index contributed by atoms with van der Waals surface area (Å²) in [4.78, 5) is 25.0. The molecule has 0 radical (unpaired) electrons. The molecule has 1 amide bonds. The lowest BCUT2D eigenvalue weighted by Gasteiger charge is -2.32. The standard InChI is InChI=1S/C15H22N2O3/c1-4-15(3,10-16)14(20)17(9-13(18)19)12-7-5-11(2)6-8-12/h5-8H,4,9-10,16H2,1-3H3,(H,18,19). The number of aryl methyl sites for hydroxylation is 1. The van der Waals surface area contributed by atoms with Gasteiger partial charge in [-0.1, -0.05) is 24.6 Å². The second kappa shape index (κ2) is 6.52. The third-order valence-corrected chi connectivity index (χ3v) is 3.63. The minimum atomic E-state index is -1.05. The fourth-order valence-electron chi connectivity index (χ4n) is 1.85. The van der Waals surface area contributed by atoms with Crippen LogP contribution < -0.4 is 10.6 Å². The molecule has 1 aromatic rings. The first-order valence-corrected chi connectivity index (χ1v) is 6.64. The number of carboxylic acid groups (broad SMARTS) is 1. The van der Waals surface area contributed by atoms with Gasteiger partial charge in [0.1, 0.15) is 6.54 Å². The summed E-state index contributed by atoms with van der Waals surface area (Å²) in [6, 6.07) is 7.21. The molecule has 1 rings (SSSR count). The number of carbonyl (C=O) groups excluding carboxylic acids is 1. The molecule has 0 aliphatic heterocycles. The molecule has 5 nitrogen and oxygen atoms in total. The molecule has 0 saturated heterocycles. The third-order valence-electron chi connectivity index (χ3n) is 3.63. The molecule has 0 spiro atoms. The van der Waals surface area contributed by atoms with Crippen LogP contribution in [-0.4, -0.2) is 30.1 Å². The van der Waals surface area contributed by atoms with E-state index < -0.39 is 11.4 Å². The maximum Gasteiger partial charge on any atom is 0.323 e. The fourth-order valence-corrected chi connectivity index (χ4v) is 1.85. The molecule has 0 aromatic heterocycles. The Bertz CT molecular complexity index is 478. The topological polar surface area (TPSA) is 83.6 Å². The van der Waals surface area contributed by atoms with Crippen LogP contribution in [0.1, 0.15) is 25.8 Å². The highest BCUT2D eigenvalue weighted by molar-refractivity contribution is 6.00. The Kier molecular flexibility index (Phi) is 5.27. The number of carboxylic acids is 1. The summed E-state index contributed by atoms with van der Waals surface area (Å²) in [5, 5.41) is 9.03. The van der Waals surface area contributed by atoms with Gasteiger partial charge in [0.05, 0.1) is 5.41 Å². The van der Waals surface area contributed by atoms with Crippen molar-refractivity contribution in [3.8, 4) is 0 Å². The van der Waals surface area contributed by atoms with Gasteiger partial charge < -0.3 is 15.7 Å². The summed E-state index contributed by atoms with van der Waals surface area (Å²) in [6.07, 6.45) is 0.560. The molecule has 1 unspecified atom stereocenters. The van der Waals surface area contributed by atoms with Crippen LogP contribution >= 0.6 is 0 Å². The Morgan fingerprint density at radius 3 is 2.25 bits per heavy atom. The third kappa shape index (κ3) is 3.57. The maximum atomic E-state index is 12.6. The van der Waals surface area contributed by atoms with Gasteiger partial charge in [-0.2, -0.15) is 0 Å². The second-order valence-corrected chi connectivity index (χ2v) is 5.24. The number of anilines is 1. The molecule has 0 aliphatic rings. The average Bonchev–Trinajstić information content (AvgIpc) is 2.44. The first-order valence-electron chi connectivity index (χ1n) is 6.64. The summed E-state index contributed by atoms with van der Waals surface area (Å²) in [5.41, 5.74) is 6.57. The number of nitrogens with zero attached hydrogens (tertiary/aromatic N) is 1. The molecule has 110 valence electrons. The number of hydrogen-bond donors (Lipinski definition) is 2. The van der Waals surface area contributed by atoms with Crippen molar-refractivity contribution in [2.75, 3.05) is 18.0 Å². The summed E-state index contributed by atoms with van der Waals surface area (Å²) in [5.74, 6) is -1.30. The summed E-state index contributed by atoms with van der Waals surface area (Å²) >= 11 is 0. The Morgan fingerprint density at radius 1 is 1.30 bits per heavy atom. The highest BCUT2D eigenvalue weighted by Crippen LogP contribution is 2.26. The first-order chi connectivity index (χ1) is 9.34. The molecule has 0 saturated carbocycles. The highest BCUT2D eigenvalue weighted by Gasteiger charge is 2.35. The minimum Gasteiger partial charge on any atom is -0.480 e. The van der Waals surface area contributed by atoms with E-state index in [1.807, 2.05) is 26.0 Å². The van der Waals surface area contributed by atoms with E-state index in [4.69, 9.17) is 10.8 Å². The van der Waals surface area contributed by atoms with E-state index in [1.54, 1.807) is 19.1 Å². The fraction of sp³-hybridized carbons (Fsp3) is 0.467. The predicted molar refractivity (Wildman–Crippen MR) is 78.6 cm³/mol. The predicted octanol–water partition coefficient (Wildman–Crippen LogP) is 1.79. The van der Waals surface area contributed by atoms with Crippen molar-refractivity contribution in [3.63, 3.8) is 0 Å². The normalized spacial score (nSPS) is 13.6. The molecular weight excluding hydrogens is 256 g/mol. The summed E-state index contributed by atoms with van der Waals surface area (Å²) in [7, 11) is 0. The van der Waals surface area contributed by atoms with E-state index in [-0.39, 0.29) is 19.0 Å². The molecule has 20 heavy (non-hydrogen) atoms. The SMILES string of the molecule is CCC(C)(CN)C(=O)N(CC(=O)O)c1ccc(C)cc1. The summed E-state index contributed by atoms with van der Waals surface area (Å²) < 4.78 is 0. The Balaban J connectivity index is 3.15. The Labute approximate surface area is 119 Å². The lowest BCUT2D eigenvalue weighted by Crippen LogP contribution is -2.48. The van der Waals surface area contributed by atoms with Crippen LogP contribution in [0.3, 0.4) is 0 Å². The lowest BCUT2D eigenvalue weighted by atomic mass is 9.86. The summed E-state index contributed by atoms with van der Waals surface area (Å²) in [6.45, 7) is 5.39. The van der Waals surface area contributed by atoms with E-state index in [0.717, 1.165) is 5.56 Å². The van der Waals surface area contributed by atoms with Crippen molar-refractivity contribution in [1.29, 1.82) is 0 Å². The van der Waals surface area contributed by atoms with E-state index >= 15 is 0 Å². The Hall–Kier alpha value is -1.88. The van der Waals surface area contributed by atoms with Crippen molar-refractivity contribution in [2.24, 2.45) is 11.1 Å². The van der Waals surface area contributed by atoms with Crippen molar-refractivity contribution in [3.05, 3.63) is 29.8 Å². The van der Waals surface area contributed by atoms with E-state index in [0.29, 0.717) is 12.1 Å². The minimum absolute atomic E-state index is 0.185. The average molecular weight is 278 g/mol. The van der Waals surface area contributed by atoms with Gasteiger partial charge in [-0.25, -0.2) is 0 Å². The molecule has 0 aliphatic carbocycles. The highest BCUT2D eigenvalue weighted by atomic mass is 16.4. The van der Waals surface area contributed by atoms with Gasteiger partial charge in [-0.3, -0.25) is 9.59 Å². The van der Waals surface area contributed by atoms with E-state index in [1.165, 1.54) is 4.90 Å². The van der Waals surface area contributed by atoms with Gasteiger partial charge in [0, 0.05) is 12.2 Å². The van der Waals surface area contributed by atoms with Crippen molar-refractivity contribution in [2.45, 2.75) is 27.2 Å². The second-order valence-electron chi connectivity index (χ2n) is 5.24. The number of benzene rings is 1. The Morgan fingerprint density at radius 2 is 1.85 bits per heavy atom. The van der Waals surface area contributed by atoms with Gasteiger partial charge >= 0.3 is 5.97 Å². The number of hydrogen-bond acceptors (Lipinski definition) is 3. The van der Waals surface area contributed by atoms with Gasteiger partial charge in [-0.15, -0.1) is 0 Å². The maximum absolute atomic E-state index is 12.6. The van der Waals surface area contributed by atoms with Crippen LogP contribution in [0.5, 0.6) is 0 Å². The zero-order valence-corrected chi connectivity index (χ0v) is 12.2. The lowest BCUT2D eigenvalue weighted by molar-refractivity contribution is -0.138. The van der Waals surface area contributed by atoms with Gasteiger partial charge in [-0.05, 0) is 32.4 Å². The first kappa shape index (κ1) is 16.2. The number of rotatable bonds is 6. The molecule has 3 N–H and O–H groups in total. The molecule has 1 aromatic carbocycles. The van der Waals surface area contributed by atoms with Crippen molar-refractivity contribution in [1.82, 2.24) is 0 Å². The quantitative estimate of drug-likeness (QED) is 0.831. The largest absolute Gasteiger partial charge is 0.480 e. The van der Waals surface area contributed by atoms with Crippen LogP contribution in [0.4, 0.5) is 5.69 Å². The van der Waals surface area contributed by atoms with E-state index in [9.17, 15) is 9.59 Å². The zero-order chi connectivity index (χ0) is 15.3. The molecule has 0 bridgehead atoms. The zero-order valence-electron chi connectivity index (χ0n) is 12.2. The molecule has 1 atom stereocenters. The van der Waals surface area contributed by atoms with Crippen molar-refractivity contribution < 1.29 is 14.7 Å². The van der Waals surface area contributed by atoms with E-state index in [2.05, 4.69) is 0 Å². The van der Waals surface area contributed by atoms with Crippen LogP contribution in [0, 0.1) is 12.3 Å². The van der Waals surface area contributed by atoms with Gasteiger partial charge in [0.2, 0.25) is 5.91 Å². The molecule has 5 heteroatoms. The molecule has 0 heterocycles. The van der Waals surface area contributed by atoms with Gasteiger partial charge in [0.15, 0.2) is 0 Å². The molecular formula is C15H22N2O3. The number of aliphatic carboxylic acids is 1. The monoisotopic (exact) mass is 278 g/mol. The molecule has 0 fully saturated rings. The number of carbonyl (C=O) groups is 2. The van der Waals surface area contributed by atoms with Crippen LogP contribution in [0.2, 0.25) is 0 Å². The number of nitrogens with two attached hydrogens (primary N) is 1. The number of amides is 1.